The van der Waals surface area contributed by atoms with Crippen molar-refractivity contribution in [3.8, 4) is 28.3 Å². The number of hydrogen-bond donors (Lipinski definition) is 0. The van der Waals surface area contributed by atoms with Crippen molar-refractivity contribution in [2.45, 2.75) is 5.92 Å². The molecular formula is C79H49B2N5O. The van der Waals surface area contributed by atoms with E-state index in [2.05, 4.69) is 315 Å². The lowest BCUT2D eigenvalue weighted by Gasteiger charge is -2.51. The van der Waals surface area contributed by atoms with E-state index in [1.165, 1.54) is 99.7 Å². The maximum atomic E-state index is 7.71. The van der Waals surface area contributed by atoms with Crippen LogP contribution in [-0.4, -0.2) is 18.0 Å². The molecule has 7 heterocycles. The number of ether oxygens (including phenoxy) is 1. The van der Waals surface area contributed by atoms with E-state index in [0.717, 1.165) is 68.1 Å². The van der Waals surface area contributed by atoms with Crippen LogP contribution < -0.4 is 57.1 Å². The van der Waals surface area contributed by atoms with Crippen LogP contribution in [0.1, 0.15) is 22.6 Å². The monoisotopic (exact) mass is 1110 g/mol. The third-order valence-corrected chi connectivity index (χ3v) is 19.5. The summed E-state index contributed by atoms with van der Waals surface area (Å²) in [7, 11) is 0. The van der Waals surface area contributed by atoms with Crippen LogP contribution in [0.5, 0.6) is 11.5 Å². The highest BCUT2D eigenvalue weighted by Gasteiger charge is 2.52. The Balaban J connectivity index is 0.855. The van der Waals surface area contributed by atoms with E-state index < -0.39 is 0 Å². The van der Waals surface area contributed by atoms with Crippen molar-refractivity contribution in [3.63, 3.8) is 0 Å². The fourth-order valence-corrected chi connectivity index (χ4v) is 16.1. The normalized spacial score (nSPS) is 14.7. The van der Waals surface area contributed by atoms with Gasteiger partial charge in [-0.3, -0.25) is 0 Å². The number of rotatable bonds is 5. The fraction of sp³-hybridized carbons (Fsp3) is 0.0127. The average Bonchev–Trinajstić information content (AvgIpc) is 1.36. The molecule has 8 heteroatoms. The SMILES string of the molecule is c1ccc(C2c3ccccc3N3c4cc5c(cc4Oc4cc(-c6ccc7c(c6)c6ccccc6n7-c6ccccc6)cc2c43)N(c2ccccc2)c2cc3c4c6c2B5c2ccccc2N6c2ccccc2B4c2ccccc2N3c2ccccc2)cc1. The summed E-state index contributed by atoms with van der Waals surface area (Å²) < 4.78 is 10.1. The number of nitrogens with zero attached hydrogens (tertiary/aromatic N) is 5. The van der Waals surface area contributed by atoms with Crippen molar-refractivity contribution < 1.29 is 4.74 Å². The molecule has 0 amide bonds. The zero-order chi connectivity index (χ0) is 56.6. The molecule has 13 aromatic carbocycles. The molecule has 0 N–H and O–H groups in total. The predicted octanol–water partition coefficient (Wildman–Crippen LogP) is 16.2. The molecule has 0 aliphatic carbocycles. The summed E-state index contributed by atoms with van der Waals surface area (Å²) in [4.78, 5) is 10.2. The van der Waals surface area contributed by atoms with E-state index in [1.54, 1.807) is 0 Å². The highest BCUT2D eigenvalue weighted by molar-refractivity contribution is 7.04. The van der Waals surface area contributed by atoms with Gasteiger partial charge in [0.2, 0.25) is 0 Å². The molecule has 1 atom stereocenters. The standard InChI is InChI=1S/C79H49B2N5O/c1-5-23-49(24-6-1)75-56-32-14-19-37-64(56)85-70-46-62-69(48-73(70)87-74-45-51(44-58(75)78(74)85)50-41-42-65-57(43-50)55-31-13-18-36-63(55)82(65)52-25-7-2-8-26-52)84(54-29-11-4-12-30-54)72-47-71-76-79-77(72)81(62)61-35-17-22-40-68(61)86(79)67-39-21-16-34-60(67)80(76)59-33-15-20-38-66(59)83(71)53-27-9-3-10-28-53/h1-48,75H. The molecule has 6 nitrogen and oxygen atoms in total. The van der Waals surface area contributed by atoms with Crippen LogP contribution in [0.4, 0.5) is 68.2 Å². The van der Waals surface area contributed by atoms with Gasteiger partial charge >= 0.3 is 0 Å². The van der Waals surface area contributed by atoms with Gasteiger partial charge in [-0.1, -0.05) is 182 Å². The molecule has 0 fully saturated rings. The fourth-order valence-electron chi connectivity index (χ4n) is 16.1. The minimum atomic E-state index is -0.135. The van der Waals surface area contributed by atoms with Crippen molar-refractivity contribution >= 4 is 136 Å². The highest BCUT2D eigenvalue weighted by Crippen LogP contribution is 2.62. The lowest BCUT2D eigenvalue weighted by molar-refractivity contribution is 0.475. The van der Waals surface area contributed by atoms with Gasteiger partial charge in [0, 0.05) is 79.6 Å². The Morgan fingerprint density at radius 1 is 0.287 bits per heavy atom. The molecular weight excluding hydrogens is 1060 g/mol. The van der Waals surface area contributed by atoms with Crippen molar-refractivity contribution in [2.24, 2.45) is 0 Å². The number of anilines is 12. The van der Waals surface area contributed by atoms with Gasteiger partial charge < -0.3 is 28.9 Å². The number of aromatic nitrogens is 1. The second-order valence-electron chi connectivity index (χ2n) is 23.9. The molecule has 20 rings (SSSR count). The van der Waals surface area contributed by atoms with Crippen LogP contribution in [0.25, 0.3) is 38.6 Å². The van der Waals surface area contributed by atoms with E-state index in [-0.39, 0.29) is 19.3 Å². The first-order chi connectivity index (χ1) is 43.2. The molecule has 0 bridgehead atoms. The third kappa shape index (κ3) is 6.40. The predicted molar refractivity (Wildman–Crippen MR) is 362 cm³/mol. The van der Waals surface area contributed by atoms with Gasteiger partial charge in [0.1, 0.15) is 0 Å². The van der Waals surface area contributed by atoms with Crippen LogP contribution >= 0.6 is 0 Å². The Labute approximate surface area is 504 Å². The molecule has 6 aliphatic heterocycles. The molecule has 0 saturated heterocycles. The van der Waals surface area contributed by atoms with Gasteiger partial charge in [0.25, 0.3) is 13.4 Å². The lowest BCUT2D eigenvalue weighted by Crippen LogP contribution is -2.68. The van der Waals surface area contributed by atoms with E-state index in [0.29, 0.717) is 0 Å². The second kappa shape index (κ2) is 17.7. The lowest BCUT2D eigenvalue weighted by atomic mass is 9.28. The van der Waals surface area contributed by atoms with Gasteiger partial charge in [0.15, 0.2) is 11.5 Å². The minimum absolute atomic E-state index is 0.00264. The van der Waals surface area contributed by atoms with Crippen LogP contribution in [0, 0.1) is 0 Å². The van der Waals surface area contributed by atoms with Crippen molar-refractivity contribution in [2.75, 3.05) is 19.6 Å². The van der Waals surface area contributed by atoms with E-state index >= 15 is 0 Å². The van der Waals surface area contributed by atoms with E-state index in [4.69, 9.17) is 4.74 Å². The molecule has 402 valence electrons. The summed E-state index contributed by atoms with van der Waals surface area (Å²) in [5.41, 5.74) is 31.0. The maximum absolute atomic E-state index is 7.71. The van der Waals surface area contributed by atoms with Gasteiger partial charge in [-0.25, -0.2) is 0 Å². The van der Waals surface area contributed by atoms with Crippen LogP contribution in [0.2, 0.25) is 0 Å². The van der Waals surface area contributed by atoms with Gasteiger partial charge in [-0.15, -0.1) is 0 Å². The second-order valence-corrected chi connectivity index (χ2v) is 23.9. The van der Waals surface area contributed by atoms with Crippen molar-refractivity contribution in [1.29, 1.82) is 0 Å². The molecule has 1 aromatic heterocycles. The Morgan fingerprint density at radius 2 is 0.805 bits per heavy atom. The van der Waals surface area contributed by atoms with Gasteiger partial charge in [-0.2, -0.15) is 0 Å². The topological polar surface area (TPSA) is 27.1 Å². The van der Waals surface area contributed by atoms with Crippen LogP contribution in [-0.2, 0) is 0 Å². The van der Waals surface area contributed by atoms with Gasteiger partial charge in [-0.05, 0) is 164 Å². The summed E-state index contributed by atoms with van der Waals surface area (Å²) >= 11 is 0. The number of fused-ring (bicyclic) bond motifs is 17. The molecule has 87 heavy (non-hydrogen) atoms. The summed E-state index contributed by atoms with van der Waals surface area (Å²) in [6.45, 7) is -0.137. The third-order valence-electron chi connectivity index (χ3n) is 19.5. The van der Waals surface area contributed by atoms with E-state index in [1.807, 2.05) is 0 Å². The largest absolute Gasteiger partial charge is 0.453 e. The maximum Gasteiger partial charge on any atom is 0.252 e. The Kier molecular flexibility index (Phi) is 9.59. The van der Waals surface area contributed by atoms with Gasteiger partial charge in [0.05, 0.1) is 28.1 Å². The molecule has 0 radical (unpaired) electrons. The average molecular weight is 1110 g/mol. The summed E-state index contributed by atoms with van der Waals surface area (Å²) in [6.07, 6.45) is 0. The summed E-state index contributed by atoms with van der Waals surface area (Å²) in [5.74, 6) is 1.58. The molecule has 0 saturated carbocycles. The van der Waals surface area contributed by atoms with Crippen molar-refractivity contribution in [3.05, 3.63) is 308 Å². The van der Waals surface area contributed by atoms with Crippen LogP contribution in [0.15, 0.2) is 291 Å². The smallest absolute Gasteiger partial charge is 0.252 e. The van der Waals surface area contributed by atoms with E-state index in [9.17, 15) is 0 Å². The Hall–Kier alpha value is -11.2. The molecule has 1 unspecified atom stereocenters. The highest BCUT2D eigenvalue weighted by atomic mass is 16.5. The first-order valence-electron chi connectivity index (χ1n) is 30.3. The first kappa shape index (κ1) is 47.2. The first-order valence-corrected chi connectivity index (χ1v) is 30.3. The molecule has 6 aliphatic rings. The molecule has 14 aromatic rings. The van der Waals surface area contributed by atoms with Crippen LogP contribution in [0.3, 0.4) is 0 Å². The quantitative estimate of drug-likeness (QED) is 0.160. The number of benzene rings is 13. The Morgan fingerprint density at radius 3 is 1.47 bits per heavy atom. The summed E-state index contributed by atoms with van der Waals surface area (Å²) in [5, 5.41) is 2.43. The number of para-hydroxylation sites is 8. The zero-order valence-electron chi connectivity index (χ0n) is 47.1. The Bertz CT molecular complexity index is 5250. The molecule has 0 spiro atoms. The van der Waals surface area contributed by atoms with Crippen molar-refractivity contribution in [1.82, 2.24) is 4.57 Å². The summed E-state index contributed by atoms with van der Waals surface area (Å²) in [6, 6.07) is 108. The zero-order valence-corrected chi connectivity index (χ0v) is 47.1. The number of hydrogen-bond acceptors (Lipinski definition) is 5. The minimum Gasteiger partial charge on any atom is -0.453 e.